The van der Waals surface area contributed by atoms with Gasteiger partial charge in [0, 0.05) is 22.7 Å². The van der Waals surface area contributed by atoms with Crippen LogP contribution in [-0.4, -0.2) is 21.5 Å². The Balaban J connectivity index is 1.81. The molecular formula is C23H18N4O2S. The molecule has 2 aromatic carbocycles. The third-order valence-corrected chi connectivity index (χ3v) is 5.50. The minimum Gasteiger partial charge on any atom is -0.333 e. The van der Waals surface area contributed by atoms with E-state index in [1.165, 1.54) is 4.90 Å². The summed E-state index contributed by atoms with van der Waals surface area (Å²) in [5.74, 6) is -1.02. The molecule has 2 amide bonds. The molecule has 148 valence electrons. The molecule has 1 aliphatic rings. The quantitative estimate of drug-likeness (QED) is 0.403. The van der Waals surface area contributed by atoms with Gasteiger partial charge < -0.3 is 4.57 Å². The molecule has 0 radical (unpaired) electrons. The number of nitrogens with zero attached hydrogens (tertiary/aromatic N) is 3. The van der Waals surface area contributed by atoms with E-state index in [9.17, 15) is 9.59 Å². The smallest absolute Gasteiger partial charge is 0.270 e. The lowest BCUT2D eigenvalue weighted by Crippen LogP contribution is -2.54. The van der Waals surface area contributed by atoms with Gasteiger partial charge in [-0.25, -0.2) is 0 Å². The van der Waals surface area contributed by atoms with E-state index in [0.29, 0.717) is 11.3 Å². The largest absolute Gasteiger partial charge is 0.333 e. The number of carbonyl (C=O) groups excluding carboxylic acids is 2. The van der Waals surface area contributed by atoms with E-state index in [1.54, 1.807) is 22.9 Å². The fourth-order valence-electron chi connectivity index (χ4n) is 3.51. The van der Waals surface area contributed by atoms with Crippen LogP contribution < -0.4 is 10.2 Å². The highest BCUT2D eigenvalue weighted by Gasteiger charge is 2.34. The number of aromatic nitrogens is 1. The van der Waals surface area contributed by atoms with Gasteiger partial charge in [-0.3, -0.25) is 19.8 Å². The van der Waals surface area contributed by atoms with Crippen molar-refractivity contribution >= 4 is 51.8 Å². The highest BCUT2D eigenvalue weighted by atomic mass is 32.1. The number of benzene rings is 2. The second-order valence-corrected chi connectivity index (χ2v) is 7.50. The fraction of sp³-hybridized carbons (Fsp3) is 0.130. The Morgan fingerprint density at radius 1 is 1.13 bits per heavy atom. The predicted molar refractivity (Wildman–Crippen MR) is 120 cm³/mol. The summed E-state index contributed by atoms with van der Waals surface area (Å²) in [5, 5.41) is 12.6. The molecule has 7 heteroatoms. The maximum atomic E-state index is 13.3. The molecule has 0 saturated carbocycles. The van der Waals surface area contributed by atoms with Crippen molar-refractivity contribution in [1.82, 2.24) is 9.88 Å². The Morgan fingerprint density at radius 3 is 2.63 bits per heavy atom. The van der Waals surface area contributed by atoms with Gasteiger partial charge in [0.25, 0.3) is 11.8 Å². The molecule has 6 nitrogen and oxygen atoms in total. The summed E-state index contributed by atoms with van der Waals surface area (Å²) in [6.07, 6.45) is 3.33. The average molecular weight is 414 g/mol. The topological polar surface area (TPSA) is 78.1 Å². The molecule has 2 heterocycles. The van der Waals surface area contributed by atoms with E-state index in [-0.39, 0.29) is 17.2 Å². The number of fused-ring (bicyclic) bond motifs is 1. The van der Waals surface area contributed by atoms with Crippen molar-refractivity contribution in [3.63, 3.8) is 0 Å². The van der Waals surface area contributed by atoms with Crippen LogP contribution in [0.1, 0.15) is 16.7 Å². The molecule has 1 saturated heterocycles. The number of nitrogens with one attached hydrogen (secondary N) is 1. The molecule has 1 aromatic heterocycles. The summed E-state index contributed by atoms with van der Waals surface area (Å²) in [4.78, 5) is 27.2. The third kappa shape index (κ3) is 3.27. The van der Waals surface area contributed by atoms with E-state index in [0.717, 1.165) is 22.0 Å². The van der Waals surface area contributed by atoms with Crippen LogP contribution in [0.2, 0.25) is 0 Å². The number of hydrogen-bond acceptors (Lipinski definition) is 4. The minimum atomic E-state index is -0.540. The highest BCUT2D eigenvalue weighted by molar-refractivity contribution is 7.80. The minimum absolute atomic E-state index is 0.0123. The van der Waals surface area contributed by atoms with Crippen LogP contribution >= 0.6 is 12.2 Å². The summed E-state index contributed by atoms with van der Waals surface area (Å²) in [7, 11) is 0. The first-order valence-electron chi connectivity index (χ1n) is 9.34. The molecule has 0 spiro atoms. The lowest BCUT2D eigenvalue weighted by molar-refractivity contribution is -0.122. The van der Waals surface area contributed by atoms with Crippen LogP contribution in [0.15, 0.2) is 54.2 Å². The van der Waals surface area contributed by atoms with Gasteiger partial charge in [-0.15, -0.1) is 0 Å². The summed E-state index contributed by atoms with van der Waals surface area (Å²) >= 11 is 5.28. The lowest BCUT2D eigenvalue weighted by Gasteiger charge is -2.29. The SMILES string of the molecule is Cc1ccc(N2C(=O)/C(=C/c3cn(CC#N)c4ccccc34)C(=O)NC2=S)cc1C. The summed E-state index contributed by atoms with van der Waals surface area (Å²) in [5.41, 5.74) is 4.25. The normalized spacial score (nSPS) is 15.6. The summed E-state index contributed by atoms with van der Waals surface area (Å²) in [6, 6.07) is 15.3. The zero-order chi connectivity index (χ0) is 21.4. The number of amides is 2. The van der Waals surface area contributed by atoms with Crippen molar-refractivity contribution in [3.05, 3.63) is 70.9 Å². The monoisotopic (exact) mass is 414 g/mol. The zero-order valence-electron chi connectivity index (χ0n) is 16.5. The molecule has 1 fully saturated rings. The first kappa shape index (κ1) is 19.6. The predicted octanol–water partition coefficient (Wildman–Crippen LogP) is 3.61. The number of rotatable bonds is 3. The molecule has 1 N–H and O–H groups in total. The lowest BCUT2D eigenvalue weighted by atomic mass is 10.0. The number of carbonyl (C=O) groups is 2. The number of thiocarbonyl (C=S) groups is 1. The van der Waals surface area contributed by atoms with E-state index < -0.39 is 11.8 Å². The molecule has 0 atom stereocenters. The molecule has 4 rings (SSSR count). The van der Waals surface area contributed by atoms with Crippen molar-refractivity contribution in [2.75, 3.05) is 4.90 Å². The first-order valence-corrected chi connectivity index (χ1v) is 9.75. The Labute approximate surface area is 179 Å². The van der Waals surface area contributed by atoms with Crippen molar-refractivity contribution in [3.8, 4) is 6.07 Å². The maximum absolute atomic E-state index is 13.3. The molecule has 3 aromatic rings. The van der Waals surface area contributed by atoms with Gasteiger partial charge in [-0.2, -0.15) is 5.26 Å². The molecular weight excluding hydrogens is 396 g/mol. The van der Waals surface area contributed by atoms with Crippen LogP contribution in [0.25, 0.3) is 17.0 Å². The van der Waals surface area contributed by atoms with Crippen molar-refractivity contribution < 1.29 is 9.59 Å². The van der Waals surface area contributed by atoms with Gasteiger partial charge in [-0.1, -0.05) is 24.3 Å². The van der Waals surface area contributed by atoms with Crippen molar-refractivity contribution in [2.24, 2.45) is 0 Å². The van der Waals surface area contributed by atoms with Crippen LogP contribution in [0.4, 0.5) is 5.69 Å². The van der Waals surface area contributed by atoms with Gasteiger partial charge in [0.15, 0.2) is 5.11 Å². The van der Waals surface area contributed by atoms with E-state index >= 15 is 0 Å². The summed E-state index contributed by atoms with van der Waals surface area (Å²) < 4.78 is 1.79. The highest BCUT2D eigenvalue weighted by Crippen LogP contribution is 2.27. The third-order valence-electron chi connectivity index (χ3n) is 5.21. The first-order chi connectivity index (χ1) is 14.4. The number of hydrogen-bond donors (Lipinski definition) is 1. The second kappa shape index (κ2) is 7.58. The second-order valence-electron chi connectivity index (χ2n) is 7.11. The van der Waals surface area contributed by atoms with Gasteiger partial charge in [0.1, 0.15) is 12.1 Å². The molecule has 1 aliphatic heterocycles. The average Bonchev–Trinajstić information content (AvgIpc) is 3.06. The van der Waals surface area contributed by atoms with Gasteiger partial charge >= 0.3 is 0 Å². The van der Waals surface area contributed by atoms with Gasteiger partial charge in [0.05, 0.1) is 11.8 Å². The zero-order valence-corrected chi connectivity index (χ0v) is 17.3. The van der Waals surface area contributed by atoms with Crippen LogP contribution in [0, 0.1) is 25.2 Å². The van der Waals surface area contributed by atoms with Crippen molar-refractivity contribution in [1.29, 1.82) is 5.26 Å². The van der Waals surface area contributed by atoms with Crippen LogP contribution in [0.3, 0.4) is 0 Å². The Bertz CT molecular complexity index is 1300. The number of para-hydroxylation sites is 1. The number of aryl methyl sites for hydroxylation is 2. The number of nitriles is 1. The van der Waals surface area contributed by atoms with Crippen molar-refractivity contribution in [2.45, 2.75) is 20.4 Å². The molecule has 0 bridgehead atoms. The van der Waals surface area contributed by atoms with Crippen LogP contribution in [-0.2, 0) is 16.1 Å². The van der Waals surface area contributed by atoms with E-state index in [1.807, 2.05) is 50.2 Å². The maximum Gasteiger partial charge on any atom is 0.270 e. The summed E-state index contributed by atoms with van der Waals surface area (Å²) in [6.45, 7) is 4.11. The molecule has 30 heavy (non-hydrogen) atoms. The van der Waals surface area contributed by atoms with Gasteiger partial charge in [0.2, 0.25) is 0 Å². The molecule has 0 unspecified atom stereocenters. The fourth-order valence-corrected chi connectivity index (χ4v) is 3.79. The standard InChI is InChI=1S/C23H18N4O2S/c1-14-7-8-17(11-15(14)2)27-22(29)19(21(28)25-23(27)30)12-16-13-26(10-9-24)20-6-4-3-5-18(16)20/h3-8,11-13H,10H2,1-2H3,(H,25,28,30)/b19-12+. The molecule has 0 aliphatic carbocycles. The van der Waals surface area contributed by atoms with E-state index in [4.69, 9.17) is 17.5 Å². The Kier molecular flexibility index (Phi) is 4.94. The van der Waals surface area contributed by atoms with Gasteiger partial charge in [-0.05, 0) is 61.5 Å². The number of anilines is 1. The van der Waals surface area contributed by atoms with Crippen LogP contribution in [0.5, 0.6) is 0 Å². The van der Waals surface area contributed by atoms with E-state index in [2.05, 4.69) is 11.4 Å². The Hall–Kier alpha value is -3.76. The Morgan fingerprint density at radius 2 is 1.90 bits per heavy atom.